The summed E-state index contributed by atoms with van der Waals surface area (Å²) in [7, 11) is 1.89. The molecule has 0 aliphatic heterocycles. The van der Waals surface area contributed by atoms with E-state index in [-0.39, 0.29) is 17.6 Å². The molecule has 2 heterocycles. The molecule has 2 amide bonds. The molecule has 0 saturated heterocycles. The number of hydrogen-bond acceptors (Lipinski definition) is 5. The van der Waals surface area contributed by atoms with Crippen molar-refractivity contribution in [2.45, 2.75) is 32.0 Å². The van der Waals surface area contributed by atoms with Gasteiger partial charge >= 0.3 is 0 Å². The highest BCUT2D eigenvalue weighted by Crippen LogP contribution is 2.15. The van der Waals surface area contributed by atoms with E-state index in [1.54, 1.807) is 30.5 Å². The van der Waals surface area contributed by atoms with E-state index in [0.29, 0.717) is 17.8 Å². The Morgan fingerprint density at radius 2 is 1.93 bits per heavy atom. The fraction of sp³-hybridized carbons (Fsp3) is 0.333. The van der Waals surface area contributed by atoms with Gasteiger partial charge < -0.3 is 15.2 Å². The van der Waals surface area contributed by atoms with E-state index in [4.69, 9.17) is 0 Å². The second-order valence-corrected chi connectivity index (χ2v) is 7.94. The monoisotopic (exact) mass is 426 g/mol. The molecule has 0 saturated carbocycles. The summed E-state index contributed by atoms with van der Waals surface area (Å²) < 4.78 is 3.81. The first-order valence-corrected chi connectivity index (χ1v) is 10.7. The molecule has 0 bridgehead atoms. The lowest BCUT2D eigenvalue weighted by Crippen LogP contribution is -2.25. The Kier molecular flexibility index (Phi) is 7.29. The highest BCUT2D eigenvalue weighted by atomic mass is 32.2. The summed E-state index contributed by atoms with van der Waals surface area (Å²) in [4.78, 5) is 28.6. The Morgan fingerprint density at radius 3 is 2.57 bits per heavy atom. The van der Waals surface area contributed by atoms with Gasteiger partial charge in [-0.1, -0.05) is 11.8 Å². The van der Waals surface area contributed by atoms with Gasteiger partial charge in [0.15, 0.2) is 5.16 Å². The predicted octanol–water partition coefficient (Wildman–Crippen LogP) is 2.78. The Labute approximate surface area is 180 Å². The lowest BCUT2D eigenvalue weighted by Gasteiger charge is -2.08. The van der Waals surface area contributed by atoms with Crippen molar-refractivity contribution >= 4 is 29.3 Å². The van der Waals surface area contributed by atoms with E-state index in [1.807, 2.05) is 42.4 Å². The van der Waals surface area contributed by atoms with Crippen LogP contribution in [0.15, 0.2) is 47.9 Å². The third-order valence-electron chi connectivity index (χ3n) is 4.48. The van der Waals surface area contributed by atoms with Crippen LogP contribution in [0.3, 0.4) is 0 Å². The average molecular weight is 427 g/mol. The van der Waals surface area contributed by atoms with Crippen LogP contribution in [0.2, 0.25) is 0 Å². The molecule has 0 atom stereocenters. The smallest absolute Gasteiger partial charge is 0.251 e. The number of carbonyl (C=O) groups is 2. The molecule has 1 aromatic carbocycles. The van der Waals surface area contributed by atoms with Gasteiger partial charge in [0, 0.05) is 49.5 Å². The number of aryl methyl sites for hydroxylation is 4. The second kappa shape index (κ2) is 10.1. The SMILES string of the molecule is Cc1cc(C)n(CCCNC(=O)c2ccc(NC(=O)CSc3nccn3C)cc2)n1. The average Bonchev–Trinajstić information content (AvgIpc) is 3.27. The zero-order valence-corrected chi connectivity index (χ0v) is 18.2. The summed E-state index contributed by atoms with van der Waals surface area (Å²) in [6.45, 7) is 5.33. The van der Waals surface area contributed by atoms with Gasteiger partial charge in [0.05, 0.1) is 11.4 Å². The summed E-state index contributed by atoms with van der Waals surface area (Å²) in [5.41, 5.74) is 3.33. The zero-order valence-electron chi connectivity index (χ0n) is 17.4. The van der Waals surface area contributed by atoms with Crippen LogP contribution in [-0.4, -0.2) is 43.4 Å². The lowest BCUT2D eigenvalue weighted by atomic mass is 10.2. The van der Waals surface area contributed by atoms with Crippen molar-refractivity contribution in [1.29, 1.82) is 0 Å². The number of imidazole rings is 1. The minimum absolute atomic E-state index is 0.121. The molecule has 0 unspecified atom stereocenters. The Balaban J connectivity index is 1.40. The van der Waals surface area contributed by atoms with E-state index >= 15 is 0 Å². The summed E-state index contributed by atoms with van der Waals surface area (Å²) in [5, 5.41) is 10.9. The molecule has 2 aromatic heterocycles. The molecule has 0 fully saturated rings. The van der Waals surface area contributed by atoms with Crippen molar-refractivity contribution in [3.05, 3.63) is 59.7 Å². The first-order valence-electron chi connectivity index (χ1n) is 9.71. The highest BCUT2D eigenvalue weighted by Gasteiger charge is 2.09. The van der Waals surface area contributed by atoms with Crippen LogP contribution < -0.4 is 10.6 Å². The number of rotatable bonds is 9. The quantitative estimate of drug-likeness (QED) is 0.405. The highest BCUT2D eigenvalue weighted by molar-refractivity contribution is 7.99. The largest absolute Gasteiger partial charge is 0.352 e. The molecule has 3 rings (SSSR count). The molecule has 2 N–H and O–H groups in total. The lowest BCUT2D eigenvalue weighted by molar-refractivity contribution is -0.113. The number of nitrogens with one attached hydrogen (secondary N) is 2. The van der Waals surface area contributed by atoms with Crippen molar-refractivity contribution in [1.82, 2.24) is 24.6 Å². The third kappa shape index (κ3) is 5.96. The maximum Gasteiger partial charge on any atom is 0.251 e. The van der Waals surface area contributed by atoms with Crippen molar-refractivity contribution in [2.75, 3.05) is 17.6 Å². The fourth-order valence-electron chi connectivity index (χ4n) is 2.96. The van der Waals surface area contributed by atoms with Crippen molar-refractivity contribution in [2.24, 2.45) is 7.05 Å². The van der Waals surface area contributed by atoms with Crippen LogP contribution in [0.4, 0.5) is 5.69 Å². The van der Waals surface area contributed by atoms with Crippen LogP contribution in [0.1, 0.15) is 28.2 Å². The summed E-state index contributed by atoms with van der Waals surface area (Å²) in [6, 6.07) is 8.91. The maximum atomic E-state index is 12.3. The molecule has 158 valence electrons. The standard InChI is InChI=1S/C21H26N6O2S/c1-15-13-16(2)27(25-15)11-4-9-22-20(29)17-5-7-18(8-6-17)24-19(28)14-30-21-23-10-12-26(21)3/h5-8,10,12-13H,4,9,11,14H2,1-3H3,(H,22,29)(H,24,28). The maximum absolute atomic E-state index is 12.3. The van der Waals surface area contributed by atoms with Crippen molar-refractivity contribution in [3.63, 3.8) is 0 Å². The number of amides is 2. The topological polar surface area (TPSA) is 93.8 Å². The molecule has 9 heteroatoms. The van der Waals surface area contributed by atoms with Gasteiger partial charge in [-0.15, -0.1) is 0 Å². The predicted molar refractivity (Wildman–Crippen MR) is 118 cm³/mol. The van der Waals surface area contributed by atoms with E-state index in [2.05, 4.69) is 20.7 Å². The van der Waals surface area contributed by atoms with Gasteiger partial charge in [-0.2, -0.15) is 5.10 Å². The number of nitrogens with zero attached hydrogens (tertiary/aromatic N) is 4. The Hall–Kier alpha value is -3.07. The summed E-state index contributed by atoms with van der Waals surface area (Å²) >= 11 is 1.37. The molecule has 0 spiro atoms. The minimum atomic E-state index is -0.133. The zero-order chi connectivity index (χ0) is 21.5. The molecule has 30 heavy (non-hydrogen) atoms. The van der Waals surface area contributed by atoms with Gasteiger partial charge in [0.25, 0.3) is 5.91 Å². The number of hydrogen-bond donors (Lipinski definition) is 2. The molecular weight excluding hydrogens is 400 g/mol. The number of carbonyl (C=O) groups excluding carboxylic acids is 2. The Morgan fingerprint density at radius 1 is 1.17 bits per heavy atom. The van der Waals surface area contributed by atoms with Crippen LogP contribution in [0.25, 0.3) is 0 Å². The molecule has 0 radical (unpaired) electrons. The van der Waals surface area contributed by atoms with Gasteiger partial charge in [-0.25, -0.2) is 4.98 Å². The molecule has 3 aromatic rings. The first kappa shape index (κ1) is 21.6. The van der Waals surface area contributed by atoms with E-state index in [1.165, 1.54) is 11.8 Å². The molecule has 0 aliphatic rings. The normalized spacial score (nSPS) is 10.8. The first-order chi connectivity index (χ1) is 14.4. The summed E-state index contributed by atoms with van der Waals surface area (Å²) in [5.74, 6) is 0.0124. The van der Waals surface area contributed by atoms with E-state index < -0.39 is 0 Å². The van der Waals surface area contributed by atoms with Crippen LogP contribution >= 0.6 is 11.8 Å². The minimum Gasteiger partial charge on any atom is -0.352 e. The number of benzene rings is 1. The number of anilines is 1. The Bertz CT molecular complexity index is 1010. The molecule has 8 nitrogen and oxygen atoms in total. The molecule has 0 aliphatic carbocycles. The fourth-order valence-corrected chi connectivity index (χ4v) is 3.69. The van der Waals surface area contributed by atoms with Crippen LogP contribution in [0, 0.1) is 13.8 Å². The van der Waals surface area contributed by atoms with Crippen LogP contribution in [0.5, 0.6) is 0 Å². The van der Waals surface area contributed by atoms with Gasteiger partial charge in [-0.05, 0) is 50.6 Å². The van der Waals surface area contributed by atoms with Gasteiger partial charge in [0.1, 0.15) is 0 Å². The van der Waals surface area contributed by atoms with Crippen molar-refractivity contribution in [3.8, 4) is 0 Å². The van der Waals surface area contributed by atoms with Gasteiger partial charge in [-0.3, -0.25) is 14.3 Å². The summed E-state index contributed by atoms with van der Waals surface area (Å²) in [6.07, 6.45) is 4.34. The number of thioether (sulfide) groups is 1. The molecular formula is C21H26N6O2S. The second-order valence-electron chi connectivity index (χ2n) is 6.99. The van der Waals surface area contributed by atoms with Crippen LogP contribution in [-0.2, 0) is 18.4 Å². The number of aromatic nitrogens is 4. The third-order valence-corrected chi connectivity index (χ3v) is 5.53. The van der Waals surface area contributed by atoms with E-state index in [0.717, 1.165) is 29.5 Å². The van der Waals surface area contributed by atoms with Gasteiger partial charge in [0.2, 0.25) is 5.91 Å². The van der Waals surface area contributed by atoms with Crippen molar-refractivity contribution < 1.29 is 9.59 Å². The van der Waals surface area contributed by atoms with E-state index in [9.17, 15) is 9.59 Å².